The molecule has 0 fully saturated rings. The van der Waals surface area contributed by atoms with Gasteiger partial charge in [-0.1, -0.05) is 32.3 Å². The molecule has 1 aromatic rings. The topological polar surface area (TPSA) is 35.5 Å². The van der Waals surface area contributed by atoms with Gasteiger partial charge in [-0.05, 0) is 31.5 Å². The number of carbonyl (C=O) groups excluding carboxylic acids is 1. The SMILES string of the molecule is CCCCCCOc1cc[c]cc1C(=O)OCC. The van der Waals surface area contributed by atoms with E-state index in [1.807, 2.05) is 0 Å². The maximum Gasteiger partial charge on any atom is 0.341 e. The minimum Gasteiger partial charge on any atom is -0.493 e. The molecule has 0 spiro atoms. The number of hydrogen-bond acceptors (Lipinski definition) is 3. The van der Waals surface area contributed by atoms with Gasteiger partial charge >= 0.3 is 5.97 Å². The molecule has 0 unspecified atom stereocenters. The fourth-order valence-electron chi connectivity index (χ4n) is 1.62. The second-order valence-electron chi connectivity index (χ2n) is 4.05. The van der Waals surface area contributed by atoms with Crippen molar-refractivity contribution in [2.75, 3.05) is 13.2 Å². The fourth-order valence-corrected chi connectivity index (χ4v) is 1.62. The fraction of sp³-hybridized carbons (Fsp3) is 0.533. The Kier molecular flexibility index (Phi) is 6.92. The average Bonchev–Trinajstić information content (AvgIpc) is 2.39. The second kappa shape index (κ2) is 8.56. The highest BCUT2D eigenvalue weighted by Crippen LogP contribution is 2.19. The van der Waals surface area contributed by atoms with Crippen LogP contribution < -0.4 is 4.74 Å². The molecule has 0 bridgehead atoms. The first-order chi connectivity index (χ1) is 8.79. The minimum atomic E-state index is -0.349. The summed E-state index contributed by atoms with van der Waals surface area (Å²) in [4.78, 5) is 11.7. The molecule has 0 saturated heterocycles. The van der Waals surface area contributed by atoms with Gasteiger partial charge in [-0.25, -0.2) is 4.79 Å². The molecule has 18 heavy (non-hydrogen) atoms. The van der Waals surface area contributed by atoms with Gasteiger partial charge in [0.25, 0.3) is 0 Å². The van der Waals surface area contributed by atoms with Crippen LogP contribution in [0.1, 0.15) is 49.9 Å². The highest BCUT2D eigenvalue weighted by atomic mass is 16.5. The van der Waals surface area contributed by atoms with Gasteiger partial charge in [0, 0.05) is 0 Å². The van der Waals surface area contributed by atoms with E-state index in [0.29, 0.717) is 24.5 Å². The van der Waals surface area contributed by atoms with Gasteiger partial charge in [0.05, 0.1) is 13.2 Å². The van der Waals surface area contributed by atoms with Crippen LogP contribution in [0.2, 0.25) is 0 Å². The number of esters is 1. The Morgan fingerprint density at radius 1 is 1.28 bits per heavy atom. The van der Waals surface area contributed by atoms with E-state index < -0.39 is 0 Å². The van der Waals surface area contributed by atoms with E-state index in [0.717, 1.165) is 12.8 Å². The molecule has 3 heteroatoms. The van der Waals surface area contributed by atoms with Gasteiger partial charge in [-0.15, -0.1) is 0 Å². The first kappa shape index (κ1) is 14.6. The second-order valence-corrected chi connectivity index (χ2v) is 4.05. The maximum absolute atomic E-state index is 11.7. The molecule has 0 heterocycles. The number of hydrogen-bond donors (Lipinski definition) is 0. The molecular formula is C15H21O3. The number of benzene rings is 1. The minimum absolute atomic E-state index is 0.349. The van der Waals surface area contributed by atoms with Gasteiger partial charge in [0.15, 0.2) is 0 Å². The summed E-state index contributed by atoms with van der Waals surface area (Å²) in [5, 5.41) is 0. The van der Waals surface area contributed by atoms with Crippen LogP contribution in [0.4, 0.5) is 0 Å². The molecule has 1 rings (SSSR count). The van der Waals surface area contributed by atoms with E-state index in [9.17, 15) is 4.79 Å². The lowest BCUT2D eigenvalue weighted by Gasteiger charge is -2.10. The zero-order valence-electron chi connectivity index (χ0n) is 11.2. The largest absolute Gasteiger partial charge is 0.493 e. The van der Waals surface area contributed by atoms with Crippen LogP contribution in [0.5, 0.6) is 5.75 Å². The lowest BCUT2D eigenvalue weighted by molar-refractivity contribution is 0.0521. The van der Waals surface area contributed by atoms with E-state index in [-0.39, 0.29) is 5.97 Å². The Labute approximate surface area is 109 Å². The Morgan fingerprint density at radius 3 is 2.83 bits per heavy atom. The molecule has 99 valence electrons. The van der Waals surface area contributed by atoms with Gasteiger partial charge in [-0.3, -0.25) is 0 Å². The summed E-state index contributed by atoms with van der Waals surface area (Å²) in [5.41, 5.74) is 0.454. The molecule has 1 aromatic carbocycles. The third-order valence-corrected chi connectivity index (χ3v) is 2.57. The van der Waals surface area contributed by atoms with E-state index in [4.69, 9.17) is 9.47 Å². The molecule has 0 aromatic heterocycles. The van der Waals surface area contributed by atoms with Gasteiger partial charge in [-0.2, -0.15) is 0 Å². The summed E-state index contributed by atoms with van der Waals surface area (Å²) in [7, 11) is 0. The van der Waals surface area contributed by atoms with E-state index >= 15 is 0 Å². The van der Waals surface area contributed by atoms with Crippen molar-refractivity contribution in [3.8, 4) is 5.75 Å². The van der Waals surface area contributed by atoms with Crippen LogP contribution in [-0.2, 0) is 4.74 Å². The molecule has 3 nitrogen and oxygen atoms in total. The third-order valence-electron chi connectivity index (χ3n) is 2.57. The molecule has 0 aliphatic rings. The van der Waals surface area contributed by atoms with Gasteiger partial charge in [0.1, 0.15) is 11.3 Å². The quantitative estimate of drug-likeness (QED) is 0.521. The number of rotatable bonds is 8. The van der Waals surface area contributed by atoms with Gasteiger partial charge < -0.3 is 9.47 Å². The van der Waals surface area contributed by atoms with Crippen molar-refractivity contribution in [3.63, 3.8) is 0 Å². The molecule has 1 radical (unpaired) electrons. The standard InChI is InChI=1S/C15H21O3/c1-3-5-6-9-12-18-14-11-8-7-10-13(14)15(16)17-4-2/h8,10-11H,3-6,9,12H2,1-2H3. The van der Waals surface area contributed by atoms with Crippen molar-refractivity contribution in [1.29, 1.82) is 0 Å². The Hall–Kier alpha value is -1.51. The van der Waals surface area contributed by atoms with E-state index in [2.05, 4.69) is 13.0 Å². The highest BCUT2D eigenvalue weighted by molar-refractivity contribution is 5.92. The summed E-state index contributed by atoms with van der Waals surface area (Å²) in [5.74, 6) is 0.238. The first-order valence-corrected chi connectivity index (χ1v) is 6.59. The van der Waals surface area contributed by atoms with Crippen molar-refractivity contribution < 1.29 is 14.3 Å². The van der Waals surface area contributed by atoms with Crippen molar-refractivity contribution >= 4 is 5.97 Å². The smallest absolute Gasteiger partial charge is 0.341 e. The average molecular weight is 249 g/mol. The zero-order chi connectivity index (χ0) is 13.2. The predicted molar refractivity (Wildman–Crippen MR) is 70.9 cm³/mol. The van der Waals surface area contributed by atoms with Crippen LogP contribution in [0.15, 0.2) is 18.2 Å². The maximum atomic E-state index is 11.7. The Morgan fingerprint density at radius 2 is 2.11 bits per heavy atom. The van der Waals surface area contributed by atoms with Gasteiger partial charge in [0.2, 0.25) is 0 Å². The number of carbonyl (C=O) groups is 1. The molecule has 0 saturated carbocycles. The Bertz CT molecular complexity index is 361. The lowest BCUT2D eigenvalue weighted by Crippen LogP contribution is -2.08. The number of ether oxygens (including phenoxy) is 2. The van der Waals surface area contributed by atoms with Crippen molar-refractivity contribution in [2.45, 2.75) is 39.5 Å². The molecular weight excluding hydrogens is 228 g/mol. The monoisotopic (exact) mass is 249 g/mol. The summed E-state index contributed by atoms with van der Waals surface area (Å²) < 4.78 is 10.6. The predicted octanol–water partition coefficient (Wildman–Crippen LogP) is 3.62. The van der Waals surface area contributed by atoms with Crippen LogP contribution in [0, 0.1) is 6.07 Å². The zero-order valence-corrected chi connectivity index (χ0v) is 11.2. The first-order valence-electron chi connectivity index (χ1n) is 6.59. The van der Waals surface area contributed by atoms with Crippen molar-refractivity contribution in [3.05, 3.63) is 29.8 Å². The van der Waals surface area contributed by atoms with E-state index in [1.165, 1.54) is 12.8 Å². The normalized spacial score (nSPS) is 10.1. The van der Waals surface area contributed by atoms with Crippen molar-refractivity contribution in [1.82, 2.24) is 0 Å². The highest BCUT2D eigenvalue weighted by Gasteiger charge is 2.12. The Balaban J connectivity index is 2.51. The molecule has 0 aliphatic carbocycles. The molecule has 0 aliphatic heterocycles. The van der Waals surface area contributed by atoms with E-state index in [1.54, 1.807) is 25.1 Å². The molecule has 0 atom stereocenters. The third kappa shape index (κ3) is 4.78. The molecule has 0 N–H and O–H groups in total. The summed E-state index contributed by atoms with van der Waals surface area (Å²) >= 11 is 0. The van der Waals surface area contributed by atoms with Crippen molar-refractivity contribution in [2.24, 2.45) is 0 Å². The molecule has 0 amide bonds. The summed E-state index contributed by atoms with van der Waals surface area (Å²) in [6, 6.07) is 7.98. The summed E-state index contributed by atoms with van der Waals surface area (Å²) in [6.07, 6.45) is 4.59. The number of unbranched alkanes of at least 4 members (excludes halogenated alkanes) is 3. The lowest BCUT2D eigenvalue weighted by atomic mass is 10.2. The van der Waals surface area contributed by atoms with Crippen LogP contribution in [-0.4, -0.2) is 19.2 Å². The van der Waals surface area contributed by atoms with Crippen LogP contribution in [0.25, 0.3) is 0 Å². The van der Waals surface area contributed by atoms with Crippen LogP contribution in [0.3, 0.4) is 0 Å². The summed E-state index contributed by atoms with van der Waals surface area (Å²) in [6.45, 7) is 4.96. The van der Waals surface area contributed by atoms with Crippen LogP contribution >= 0.6 is 0 Å².